The number of hydrogen-bond donors (Lipinski definition) is 3. The summed E-state index contributed by atoms with van der Waals surface area (Å²) in [4.78, 5) is 10.9. The molecule has 3 N–H and O–H groups in total. The van der Waals surface area contributed by atoms with E-state index in [-0.39, 0.29) is 5.97 Å². The third-order valence-corrected chi connectivity index (χ3v) is 4.50. The van der Waals surface area contributed by atoms with Crippen LogP contribution >= 0.6 is 0 Å². The molecule has 0 fully saturated rings. The fourth-order valence-electron chi connectivity index (χ4n) is 2.81. The Morgan fingerprint density at radius 3 is 1.75 bits per heavy atom. The Balaban J connectivity index is 3.60. The molecule has 0 radical (unpaired) electrons. The van der Waals surface area contributed by atoms with Crippen molar-refractivity contribution in [2.45, 2.75) is 109 Å². The van der Waals surface area contributed by atoms with Gasteiger partial charge in [-0.15, -0.1) is 0 Å². The second-order valence-electron chi connectivity index (χ2n) is 6.71. The van der Waals surface area contributed by atoms with Crippen molar-refractivity contribution in [2.24, 2.45) is 0 Å². The summed E-state index contributed by atoms with van der Waals surface area (Å²) in [5.41, 5.74) is 0. The molecule has 5 heteroatoms. The third kappa shape index (κ3) is 12.7. The molecule has 0 aliphatic heterocycles. The molecule has 0 saturated heterocycles. The summed E-state index contributed by atoms with van der Waals surface area (Å²) in [7, 11) is 1.40. The molecular weight excluding hydrogens is 308 g/mol. The lowest BCUT2D eigenvalue weighted by molar-refractivity contribution is -0.140. The van der Waals surface area contributed by atoms with Crippen LogP contribution in [0.4, 0.5) is 0 Å². The fourth-order valence-corrected chi connectivity index (χ4v) is 2.81. The molecule has 0 aromatic rings. The minimum atomic E-state index is -1.05. The van der Waals surface area contributed by atoms with Gasteiger partial charge in [-0.25, -0.2) is 0 Å². The lowest BCUT2D eigenvalue weighted by atomic mass is 9.97. The highest BCUT2D eigenvalue weighted by molar-refractivity contribution is 5.68. The SMILES string of the molecule is CCCCCCC[C@H](O)[C@H](O)[C@H](O)CCCCCCCC(=O)OC. The maximum absolute atomic E-state index is 10.9. The predicted octanol–water partition coefficient (Wildman–Crippen LogP) is 3.33. The highest BCUT2D eigenvalue weighted by atomic mass is 16.5. The fraction of sp³-hybridized carbons (Fsp3) is 0.947. The Morgan fingerprint density at radius 2 is 1.25 bits per heavy atom. The van der Waals surface area contributed by atoms with Crippen molar-refractivity contribution in [2.75, 3.05) is 7.11 Å². The van der Waals surface area contributed by atoms with Crippen LogP contribution in [0.25, 0.3) is 0 Å². The monoisotopic (exact) mass is 346 g/mol. The summed E-state index contributed by atoms with van der Waals surface area (Å²) in [5.74, 6) is -0.169. The zero-order chi connectivity index (χ0) is 18.2. The van der Waals surface area contributed by atoms with Crippen LogP contribution in [-0.4, -0.2) is 46.7 Å². The van der Waals surface area contributed by atoms with Gasteiger partial charge < -0.3 is 20.1 Å². The van der Waals surface area contributed by atoms with E-state index in [2.05, 4.69) is 11.7 Å². The van der Waals surface area contributed by atoms with Gasteiger partial charge in [0, 0.05) is 6.42 Å². The first-order valence-corrected chi connectivity index (χ1v) is 9.63. The smallest absolute Gasteiger partial charge is 0.305 e. The van der Waals surface area contributed by atoms with E-state index in [1.165, 1.54) is 20.0 Å². The maximum atomic E-state index is 10.9. The standard InChI is InChI=1S/C19H38O5/c1-3-4-5-7-10-13-16(20)19(23)17(21)14-11-8-6-9-12-15-18(22)24-2/h16-17,19-21,23H,3-15H2,1-2H3/t16-,17+,19-/m0/s1. The molecule has 0 aliphatic carbocycles. The van der Waals surface area contributed by atoms with Crippen molar-refractivity contribution >= 4 is 5.97 Å². The predicted molar refractivity (Wildman–Crippen MR) is 95.7 cm³/mol. The number of aliphatic hydroxyl groups is 3. The highest BCUT2D eigenvalue weighted by Gasteiger charge is 2.23. The average Bonchev–Trinajstić information content (AvgIpc) is 2.59. The largest absolute Gasteiger partial charge is 0.469 e. The number of aliphatic hydroxyl groups excluding tert-OH is 3. The Bertz CT molecular complexity index is 295. The molecule has 3 atom stereocenters. The zero-order valence-electron chi connectivity index (χ0n) is 15.6. The van der Waals surface area contributed by atoms with Crippen molar-refractivity contribution in [3.8, 4) is 0 Å². The number of hydrogen-bond acceptors (Lipinski definition) is 5. The summed E-state index contributed by atoms with van der Waals surface area (Å²) in [6.07, 6.45) is 8.88. The first-order valence-electron chi connectivity index (χ1n) is 9.63. The van der Waals surface area contributed by atoms with Crippen molar-refractivity contribution < 1.29 is 24.9 Å². The van der Waals surface area contributed by atoms with Crippen LogP contribution in [0.2, 0.25) is 0 Å². The van der Waals surface area contributed by atoms with Crippen LogP contribution in [0.3, 0.4) is 0 Å². The highest BCUT2D eigenvalue weighted by Crippen LogP contribution is 2.15. The summed E-state index contributed by atoms with van der Waals surface area (Å²) < 4.78 is 4.58. The van der Waals surface area contributed by atoms with Gasteiger partial charge in [0.25, 0.3) is 0 Å². The Hall–Kier alpha value is -0.650. The van der Waals surface area contributed by atoms with Crippen molar-refractivity contribution in [3.05, 3.63) is 0 Å². The minimum absolute atomic E-state index is 0.169. The topological polar surface area (TPSA) is 87.0 Å². The third-order valence-electron chi connectivity index (χ3n) is 4.50. The van der Waals surface area contributed by atoms with Gasteiger partial charge in [-0.05, 0) is 19.3 Å². The molecule has 0 unspecified atom stereocenters. The number of unbranched alkanes of at least 4 members (excludes halogenated alkanes) is 8. The summed E-state index contributed by atoms with van der Waals surface area (Å²) in [5, 5.41) is 29.9. The van der Waals surface area contributed by atoms with Gasteiger partial charge in [-0.3, -0.25) is 4.79 Å². The number of ether oxygens (including phenoxy) is 1. The number of carbonyl (C=O) groups is 1. The zero-order valence-corrected chi connectivity index (χ0v) is 15.6. The molecule has 0 bridgehead atoms. The molecule has 0 aromatic carbocycles. The van der Waals surface area contributed by atoms with E-state index in [1.807, 2.05) is 0 Å². The van der Waals surface area contributed by atoms with E-state index >= 15 is 0 Å². The molecule has 0 saturated carbocycles. The number of rotatable bonds is 16. The van der Waals surface area contributed by atoms with E-state index in [9.17, 15) is 20.1 Å². The number of carbonyl (C=O) groups excluding carboxylic acids is 1. The lowest BCUT2D eigenvalue weighted by Crippen LogP contribution is -2.37. The first kappa shape index (κ1) is 23.4. The lowest BCUT2D eigenvalue weighted by Gasteiger charge is -2.23. The summed E-state index contributed by atoms with van der Waals surface area (Å²) in [6.45, 7) is 2.16. The summed E-state index contributed by atoms with van der Waals surface area (Å²) in [6, 6.07) is 0. The van der Waals surface area contributed by atoms with Crippen LogP contribution < -0.4 is 0 Å². The average molecular weight is 347 g/mol. The molecule has 144 valence electrons. The van der Waals surface area contributed by atoms with Crippen molar-refractivity contribution in [1.82, 2.24) is 0 Å². The van der Waals surface area contributed by atoms with Gasteiger partial charge in [0.05, 0.1) is 19.3 Å². The Morgan fingerprint density at radius 1 is 0.792 bits per heavy atom. The molecular formula is C19H38O5. The molecule has 0 heterocycles. The van der Waals surface area contributed by atoms with Crippen LogP contribution in [0, 0.1) is 0 Å². The van der Waals surface area contributed by atoms with Gasteiger partial charge in [-0.2, -0.15) is 0 Å². The minimum Gasteiger partial charge on any atom is -0.469 e. The van der Waals surface area contributed by atoms with Gasteiger partial charge in [0.15, 0.2) is 0 Å². The van der Waals surface area contributed by atoms with Crippen molar-refractivity contribution in [1.29, 1.82) is 0 Å². The van der Waals surface area contributed by atoms with Gasteiger partial charge in [0.2, 0.25) is 0 Å². The van der Waals surface area contributed by atoms with Gasteiger partial charge in [-0.1, -0.05) is 64.7 Å². The van der Waals surface area contributed by atoms with E-state index in [4.69, 9.17) is 0 Å². The number of methoxy groups -OCH3 is 1. The van der Waals surface area contributed by atoms with E-state index in [0.29, 0.717) is 19.3 Å². The van der Waals surface area contributed by atoms with Crippen molar-refractivity contribution in [3.63, 3.8) is 0 Å². The second-order valence-corrected chi connectivity index (χ2v) is 6.71. The van der Waals surface area contributed by atoms with Gasteiger partial charge >= 0.3 is 5.97 Å². The quantitative estimate of drug-likeness (QED) is 0.295. The molecule has 5 nitrogen and oxygen atoms in total. The maximum Gasteiger partial charge on any atom is 0.305 e. The van der Waals surface area contributed by atoms with Crippen LogP contribution in [0.15, 0.2) is 0 Å². The van der Waals surface area contributed by atoms with Crippen LogP contribution in [0.1, 0.15) is 90.4 Å². The van der Waals surface area contributed by atoms with E-state index in [0.717, 1.165) is 51.4 Å². The number of esters is 1. The molecule has 0 spiro atoms. The first-order chi connectivity index (χ1) is 11.5. The normalized spacial score (nSPS) is 15.0. The Kier molecular flexibility index (Phi) is 15.4. The molecule has 0 aliphatic rings. The molecule has 0 amide bonds. The molecule has 24 heavy (non-hydrogen) atoms. The second kappa shape index (κ2) is 15.9. The van der Waals surface area contributed by atoms with Crippen LogP contribution in [-0.2, 0) is 9.53 Å². The molecule has 0 rings (SSSR count). The van der Waals surface area contributed by atoms with Crippen LogP contribution in [0.5, 0.6) is 0 Å². The molecule has 0 aromatic heterocycles. The van der Waals surface area contributed by atoms with E-state index < -0.39 is 18.3 Å². The van der Waals surface area contributed by atoms with Gasteiger partial charge in [0.1, 0.15) is 6.10 Å². The Labute approximate surface area is 147 Å². The van der Waals surface area contributed by atoms with E-state index in [1.54, 1.807) is 0 Å². The summed E-state index contributed by atoms with van der Waals surface area (Å²) >= 11 is 0.